The van der Waals surface area contributed by atoms with Crippen LogP contribution < -0.4 is 23.7 Å². The highest BCUT2D eigenvalue weighted by atomic mass is 35.5. The molecule has 21 nitrogen and oxygen atoms in total. The second-order valence-electron chi connectivity index (χ2n) is 18.8. The van der Waals surface area contributed by atoms with E-state index in [1.807, 2.05) is 56.1 Å². The average molecular weight is 1080 g/mol. The number of pyridine rings is 1. The fraction of sp³-hybridized carbons (Fsp3) is 0.358. The van der Waals surface area contributed by atoms with Crippen LogP contribution in [0.15, 0.2) is 103 Å². The van der Waals surface area contributed by atoms with Gasteiger partial charge in [0.1, 0.15) is 56.9 Å². The molecule has 76 heavy (non-hydrogen) atoms. The summed E-state index contributed by atoms with van der Waals surface area (Å²) in [4.78, 5) is 82.3. The van der Waals surface area contributed by atoms with Crippen molar-refractivity contribution in [2.45, 2.75) is 71.0 Å². The smallest absolute Gasteiger partial charge is 0.490 e. The predicted molar refractivity (Wildman–Crippen MR) is 272 cm³/mol. The molecular weight excluding hydrogens is 1030 g/mol. The molecule has 3 heterocycles. The number of carbonyl (C=O) groups excluding carboxylic acids is 3. The van der Waals surface area contributed by atoms with E-state index in [0.29, 0.717) is 69.2 Å². The maximum atomic E-state index is 15.5. The van der Waals surface area contributed by atoms with Crippen molar-refractivity contribution >= 4 is 46.9 Å². The Morgan fingerprint density at radius 3 is 2.07 bits per heavy atom. The van der Waals surface area contributed by atoms with E-state index < -0.39 is 27.8 Å². The summed E-state index contributed by atoms with van der Waals surface area (Å²) in [5, 5.41) is 20.4. The number of halogens is 2. The summed E-state index contributed by atoms with van der Waals surface area (Å²) in [6.07, 6.45) is 2.15. The van der Waals surface area contributed by atoms with E-state index >= 15 is 4.79 Å². The van der Waals surface area contributed by atoms with E-state index in [2.05, 4.69) is 19.6 Å². The molecule has 398 valence electrons. The zero-order valence-corrected chi connectivity index (χ0v) is 43.0. The molecule has 3 fully saturated rings. The van der Waals surface area contributed by atoms with E-state index in [9.17, 15) is 29.8 Å². The predicted octanol–water partition coefficient (Wildman–Crippen LogP) is 9.01. The van der Waals surface area contributed by atoms with Crippen LogP contribution in [-0.2, 0) is 39.0 Å². The van der Waals surface area contributed by atoms with Gasteiger partial charge in [-0.25, -0.2) is 14.6 Å². The van der Waals surface area contributed by atoms with Crippen LogP contribution in [0.5, 0.6) is 28.9 Å². The molecule has 3 atom stereocenters. The molecule has 0 bridgehead atoms. The lowest BCUT2D eigenvalue weighted by Gasteiger charge is -2.56. The maximum Gasteiger partial charge on any atom is 0.513 e. The van der Waals surface area contributed by atoms with Crippen molar-refractivity contribution in [2.75, 3.05) is 46.6 Å². The Kier molecular flexibility index (Phi) is 16.0. The first-order chi connectivity index (χ1) is 36.6. The van der Waals surface area contributed by atoms with E-state index in [1.165, 1.54) is 18.2 Å². The first-order valence-electron chi connectivity index (χ1n) is 24.3. The molecular formula is C53H52Cl2N6O15. The van der Waals surface area contributed by atoms with Gasteiger partial charge in [-0.3, -0.25) is 9.69 Å². The first kappa shape index (κ1) is 53.0. The Hall–Kier alpha value is -7.88. The molecule has 2 aliphatic carbocycles. The van der Waals surface area contributed by atoms with Gasteiger partial charge in [0.2, 0.25) is 5.88 Å². The van der Waals surface area contributed by atoms with E-state index in [1.54, 1.807) is 53.6 Å². The highest BCUT2D eigenvalue weighted by Gasteiger charge is 2.69. The Morgan fingerprint density at radius 1 is 0.789 bits per heavy atom. The van der Waals surface area contributed by atoms with Crippen molar-refractivity contribution in [3.63, 3.8) is 0 Å². The third-order valence-corrected chi connectivity index (χ3v) is 14.4. The summed E-state index contributed by atoms with van der Waals surface area (Å²) in [5.41, 5.74) is 5.13. The SMILES string of the molecule is Cc1cc(Cl)c(OCCOc2ccc(C3=C(C(=O)N(Cc4ccnc(OCCOC(=O)Oc5cccc(CO[N+](=O)[O-])c5)c4C)C4CC4)C4N(C)C5CN(C(=O)Oc6cccc(CO[N+](=O)[O-])c6)CC54C3)cc2)c(Cl)c1. The van der Waals surface area contributed by atoms with E-state index in [-0.39, 0.29) is 81.7 Å². The monoisotopic (exact) mass is 1080 g/mol. The number of rotatable bonds is 22. The maximum absolute atomic E-state index is 15.5. The highest BCUT2D eigenvalue weighted by Crippen LogP contribution is 2.62. The topological polar surface area (TPSA) is 234 Å². The Balaban J connectivity index is 0.904. The van der Waals surface area contributed by atoms with Crippen molar-refractivity contribution in [1.29, 1.82) is 0 Å². The summed E-state index contributed by atoms with van der Waals surface area (Å²) < 4.78 is 34.1. The number of ether oxygens (including phenoxy) is 6. The minimum atomic E-state index is -1.00. The summed E-state index contributed by atoms with van der Waals surface area (Å²) >= 11 is 12.8. The van der Waals surface area contributed by atoms with Gasteiger partial charge in [0, 0.05) is 60.5 Å². The van der Waals surface area contributed by atoms with Gasteiger partial charge in [-0.2, -0.15) is 0 Å². The number of nitrogens with zero attached hydrogens (tertiary/aromatic N) is 6. The lowest BCUT2D eigenvalue weighted by molar-refractivity contribution is -0.763. The molecule has 1 spiro atoms. The van der Waals surface area contributed by atoms with Crippen molar-refractivity contribution in [2.24, 2.45) is 5.41 Å². The number of benzene rings is 4. The summed E-state index contributed by atoms with van der Waals surface area (Å²) in [6.45, 7) is 4.19. The van der Waals surface area contributed by atoms with Crippen LogP contribution >= 0.6 is 23.2 Å². The molecule has 2 saturated heterocycles. The minimum Gasteiger partial charge on any atom is -0.490 e. The first-order valence-corrected chi connectivity index (χ1v) is 25.0. The van der Waals surface area contributed by atoms with Crippen LogP contribution in [-0.4, -0.2) is 113 Å². The lowest BCUT2D eigenvalue weighted by Crippen LogP contribution is -2.69. The summed E-state index contributed by atoms with van der Waals surface area (Å²) in [7, 11) is 1.98. The zero-order valence-electron chi connectivity index (χ0n) is 41.5. The molecule has 9 rings (SSSR count). The molecule has 23 heteroatoms. The van der Waals surface area contributed by atoms with Crippen molar-refractivity contribution in [1.82, 2.24) is 19.7 Å². The molecule has 5 aromatic rings. The molecule has 4 aliphatic rings. The zero-order chi connectivity index (χ0) is 53.7. The fourth-order valence-electron chi connectivity index (χ4n) is 10.3. The van der Waals surface area contributed by atoms with Gasteiger partial charge in [-0.15, -0.1) is 20.2 Å². The number of hydrogen-bond acceptors (Lipinski definition) is 17. The number of hydrogen-bond donors (Lipinski definition) is 0. The normalized spacial score (nSPS) is 18.4. The Morgan fingerprint density at radius 2 is 1.42 bits per heavy atom. The molecule has 4 aromatic carbocycles. The molecule has 1 aromatic heterocycles. The molecule has 2 amide bonds. The van der Waals surface area contributed by atoms with E-state index in [4.69, 9.17) is 51.6 Å². The van der Waals surface area contributed by atoms with Crippen molar-refractivity contribution in [3.8, 4) is 28.9 Å². The fourth-order valence-corrected chi connectivity index (χ4v) is 11.0. The second kappa shape index (κ2) is 22.9. The van der Waals surface area contributed by atoms with E-state index in [0.717, 1.165) is 35.1 Å². The number of aromatic nitrogens is 1. The molecule has 0 radical (unpaired) electrons. The second-order valence-corrected chi connectivity index (χ2v) is 19.6. The van der Waals surface area contributed by atoms with Gasteiger partial charge >= 0.3 is 12.2 Å². The van der Waals surface area contributed by atoms with Crippen LogP contribution in [0.4, 0.5) is 9.59 Å². The van der Waals surface area contributed by atoms with Crippen LogP contribution in [0.1, 0.15) is 52.6 Å². The number of likely N-dealkylation sites (N-methyl/N-ethyl adjacent to an activating group) is 1. The van der Waals surface area contributed by atoms with Crippen LogP contribution in [0.2, 0.25) is 10.0 Å². The standard InChI is InChI=1S/C53H52Cl2N6O15/c1-32-22-43(54)47(44(55)23-32)70-19-18-69-39-14-10-36(11-15-39)42-26-53-31-58(51(63)75-40-8-4-6-34(24-40)29-73-60(65)66)28-45(53)57(3)48(53)46(42)50(62)59(38-12-13-38)27-37-16-17-56-49(33(37)2)71-20-21-72-52(64)76-41-9-5-7-35(25-41)30-74-61(67)68/h4-11,14-17,22-25,38,45,48H,12-13,18-21,26-31H2,1-3H3. The van der Waals surface area contributed by atoms with Gasteiger partial charge in [0.05, 0.1) is 10.0 Å². The van der Waals surface area contributed by atoms with Crippen LogP contribution in [0.25, 0.3) is 5.57 Å². The van der Waals surface area contributed by atoms with Crippen LogP contribution in [0, 0.1) is 39.5 Å². The lowest BCUT2D eigenvalue weighted by atomic mass is 9.66. The average Bonchev–Trinajstić information content (AvgIpc) is 4.14. The third kappa shape index (κ3) is 12.0. The molecule has 2 aliphatic heterocycles. The van der Waals surface area contributed by atoms with Gasteiger partial charge in [0.25, 0.3) is 16.1 Å². The Labute approximate surface area is 445 Å². The Bertz CT molecular complexity index is 3040. The number of carbonyl (C=O) groups is 3. The highest BCUT2D eigenvalue weighted by molar-refractivity contribution is 6.37. The quantitative estimate of drug-likeness (QED) is 0.0207. The summed E-state index contributed by atoms with van der Waals surface area (Å²) in [5.74, 6) is 1.47. The van der Waals surface area contributed by atoms with Gasteiger partial charge in [-0.1, -0.05) is 59.6 Å². The van der Waals surface area contributed by atoms with Crippen LogP contribution in [0.3, 0.4) is 0 Å². The number of likely N-dealkylation sites (tertiary alicyclic amines) is 2. The minimum absolute atomic E-state index is 0.0270. The largest absolute Gasteiger partial charge is 0.513 e. The third-order valence-electron chi connectivity index (χ3n) is 13.8. The molecule has 1 saturated carbocycles. The summed E-state index contributed by atoms with van der Waals surface area (Å²) in [6, 6.07) is 24.9. The van der Waals surface area contributed by atoms with Gasteiger partial charge in [0.15, 0.2) is 5.75 Å². The van der Waals surface area contributed by atoms with Crippen molar-refractivity contribution in [3.05, 3.63) is 166 Å². The molecule has 3 unspecified atom stereocenters. The van der Waals surface area contributed by atoms with Crippen molar-refractivity contribution < 1.29 is 62.7 Å². The molecule has 0 N–H and O–H groups in total. The number of allylic oxidation sites excluding steroid dienone is 1. The number of aryl methyl sites for hydroxylation is 1. The number of amides is 2. The van der Waals surface area contributed by atoms with Gasteiger partial charge in [-0.05, 0) is 128 Å². The van der Waals surface area contributed by atoms with Gasteiger partial charge < -0.3 is 47.9 Å².